The van der Waals surface area contributed by atoms with Crippen LogP contribution in [0.15, 0.2) is 29.6 Å². The number of hydrogen-bond donors (Lipinski definition) is 2. The first-order valence-electron chi connectivity index (χ1n) is 8.12. The molecule has 3 unspecified atom stereocenters. The van der Waals surface area contributed by atoms with Crippen LogP contribution in [0.1, 0.15) is 20.3 Å². The molecule has 126 valence electrons. The zero-order chi connectivity index (χ0) is 16.7. The maximum atomic E-state index is 12.3. The molecule has 1 saturated carbocycles. The van der Waals surface area contributed by atoms with Crippen molar-refractivity contribution in [1.82, 2.24) is 14.9 Å². The van der Waals surface area contributed by atoms with Crippen LogP contribution in [0.3, 0.4) is 0 Å². The van der Waals surface area contributed by atoms with Gasteiger partial charge in [-0.05, 0) is 30.1 Å². The molecule has 3 atom stereocenters. The topological polar surface area (TPSA) is 76.1 Å². The molecule has 1 aromatic heterocycles. The van der Waals surface area contributed by atoms with E-state index in [0.29, 0.717) is 5.92 Å². The van der Waals surface area contributed by atoms with E-state index in [1.54, 1.807) is 0 Å². The molecule has 2 fully saturated rings. The van der Waals surface area contributed by atoms with Gasteiger partial charge in [0.25, 0.3) is 0 Å². The number of ether oxygens (including phenoxy) is 1. The van der Waals surface area contributed by atoms with Crippen LogP contribution in [0.25, 0.3) is 11.3 Å². The van der Waals surface area contributed by atoms with E-state index in [1.165, 1.54) is 11.5 Å². The van der Waals surface area contributed by atoms with Crippen molar-refractivity contribution in [3.8, 4) is 11.3 Å². The first-order chi connectivity index (χ1) is 11.6. The minimum Gasteiger partial charge on any atom is -0.377 e. The first kappa shape index (κ1) is 15.5. The van der Waals surface area contributed by atoms with Gasteiger partial charge < -0.3 is 15.4 Å². The molecule has 2 heterocycles. The van der Waals surface area contributed by atoms with Crippen LogP contribution < -0.4 is 10.6 Å². The SMILES string of the molecule is CC1(C)C(NC(=O)Nc2ccc(-c3csnn3)cc2)C2CCOC21. The second-order valence-electron chi connectivity index (χ2n) is 7.01. The number of rotatable bonds is 3. The van der Waals surface area contributed by atoms with E-state index in [0.717, 1.165) is 30.0 Å². The van der Waals surface area contributed by atoms with E-state index in [1.807, 2.05) is 29.6 Å². The molecular formula is C17H20N4O2S. The quantitative estimate of drug-likeness (QED) is 0.897. The van der Waals surface area contributed by atoms with Crippen molar-refractivity contribution in [2.24, 2.45) is 11.3 Å². The van der Waals surface area contributed by atoms with Crippen LogP contribution >= 0.6 is 11.5 Å². The van der Waals surface area contributed by atoms with E-state index in [-0.39, 0.29) is 23.6 Å². The van der Waals surface area contributed by atoms with Crippen molar-refractivity contribution in [3.05, 3.63) is 29.6 Å². The highest BCUT2D eigenvalue weighted by Gasteiger charge is 2.59. The van der Waals surface area contributed by atoms with Crippen molar-refractivity contribution in [1.29, 1.82) is 0 Å². The number of urea groups is 1. The van der Waals surface area contributed by atoms with Gasteiger partial charge in [-0.1, -0.05) is 30.5 Å². The number of anilines is 1. The number of benzene rings is 1. The van der Waals surface area contributed by atoms with Crippen LogP contribution in [-0.2, 0) is 4.74 Å². The molecular weight excluding hydrogens is 324 g/mol. The number of nitrogens with one attached hydrogen (secondary N) is 2. The number of amides is 2. The molecule has 24 heavy (non-hydrogen) atoms. The third-order valence-corrected chi connectivity index (χ3v) is 5.69. The minimum absolute atomic E-state index is 0.0139. The number of aromatic nitrogens is 2. The van der Waals surface area contributed by atoms with Crippen LogP contribution in [0.2, 0.25) is 0 Å². The Hall–Kier alpha value is -1.99. The van der Waals surface area contributed by atoms with Gasteiger partial charge in [0.1, 0.15) is 5.69 Å². The summed E-state index contributed by atoms with van der Waals surface area (Å²) in [5.74, 6) is 0.435. The fourth-order valence-corrected chi connectivity index (χ4v) is 4.41. The van der Waals surface area contributed by atoms with Gasteiger partial charge >= 0.3 is 6.03 Å². The number of nitrogens with zero attached hydrogens (tertiary/aromatic N) is 2. The van der Waals surface area contributed by atoms with Crippen molar-refractivity contribution < 1.29 is 9.53 Å². The van der Waals surface area contributed by atoms with Gasteiger partial charge in [-0.3, -0.25) is 0 Å². The largest absolute Gasteiger partial charge is 0.377 e. The van der Waals surface area contributed by atoms with Gasteiger partial charge in [0.15, 0.2) is 0 Å². The molecule has 2 aliphatic rings. The Balaban J connectivity index is 1.38. The van der Waals surface area contributed by atoms with Crippen LogP contribution in [-0.4, -0.2) is 34.4 Å². The monoisotopic (exact) mass is 344 g/mol. The summed E-state index contributed by atoms with van der Waals surface area (Å²) in [5, 5.41) is 12.0. The Labute approximate surface area is 144 Å². The molecule has 0 radical (unpaired) electrons. The lowest BCUT2D eigenvalue weighted by Crippen LogP contribution is -2.67. The Kier molecular flexibility index (Phi) is 3.77. The maximum absolute atomic E-state index is 12.3. The molecule has 2 aromatic rings. The molecule has 2 N–H and O–H groups in total. The zero-order valence-corrected chi connectivity index (χ0v) is 14.5. The zero-order valence-electron chi connectivity index (χ0n) is 13.7. The molecule has 1 aromatic carbocycles. The predicted molar refractivity (Wildman–Crippen MR) is 92.9 cm³/mol. The third kappa shape index (κ3) is 2.57. The summed E-state index contributed by atoms with van der Waals surface area (Å²) in [7, 11) is 0. The van der Waals surface area contributed by atoms with E-state index in [4.69, 9.17) is 4.74 Å². The summed E-state index contributed by atoms with van der Waals surface area (Å²) in [6, 6.07) is 7.61. The Morgan fingerprint density at radius 2 is 2.12 bits per heavy atom. The summed E-state index contributed by atoms with van der Waals surface area (Å²) < 4.78 is 9.62. The van der Waals surface area contributed by atoms with Gasteiger partial charge in [-0.25, -0.2) is 4.79 Å². The summed E-state index contributed by atoms with van der Waals surface area (Å²) in [6.45, 7) is 5.10. The molecule has 0 bridgehead atoms. The Morgan fingerprint density at radius 1 is 1.33 bits per heavy atom. The highest BCUT2D eigenvalue weighted by Crippen LogP contribution is 2.52. The lowest BCUT2D eigenvalue weighted by Gasteiger charge is -2.54. The number of fused-ring (bicyclic) bond motifs is 1. The number of carbonyl (C=O) groups is 1. The van der Waals surface area contributed by atoms with E-state index in [2.05, 4.69) is 34.1 Å². The average molecular weight is 344 g/mol. The summed E-state index contributed by atoms with van der Waals surface area (Å²) in [4.78, 5) is 12.3. The molecule has 1 saturated heterocycles. The molecule has 1 aliphatic carbocycles. The number of carbonyl (C=O) groups excluding carboxylic acids is 1. The summed E-state index contributed by atoms with van der Waals surface area (Å²) in [6.07, 6.45) is 1.30. The second-order valence-corrected chi connectivity index (χ2v) is 7.62. The average Bonchev–Trinajstić information content (AvgIpc) is 3.24. The van der Waals surface area contributed by atoms with Crippen molar-refractivity contribution in [3.63, 3.8) is 0 Å². The molecule has 4 rings (SSSR count). The normalized spacial score (nSPS) is 27.2. The fraction of sp³-hybridized carbons (Fsp3) is 0.471. The molecule has 0 spiro atoms. The van der Waals surface area contributed by atoms with Crippen molar-refractivity contribution in [2.45, 2.75) is 32.4 Å². The molecule has 6 nitrogen and oxygen atoms in total. The van der Waals surface area contributed by atoms with Crippen molar-refractivity contribution in [2.75, 3.05) is 11.9 Å². The highest BCUT2D eigenvalue weighted by molar-refractivity contribution is 7.03. The van der Waals surface area contributed by atoms with Crippen LogP contribution in [0.5, 0.6) is 0 Å². The van der Waals surface area contributed by atoms with Gasteiger partial charge in [-0.15, -0.1) is 5.10 Å². The van der Waals surface area contributed by atoms with Gasteiger partial charge in [-0.2, -0.15) is 0 Å². The van der Waals surface area contributed by atoms with E-state index < -0.39 is 0 Å². The Morgan fingerprint density at radius 3 is 2.83 bits per heavy atom. The highest BCUT2D eigenvalue weighted by atomic mass is 32.1. The van der Waals surface area contributed by atoms with Gasteiger partial charge in [0.05, 0.1) is 6.10 Å². The van der Waals surface area contributed by atoms with Crippen molar-refractivity contribution >= 4 is 23.3 Å². The fourth-order valence-electron chi connectivity index (χ4n) is 3.94. The summed E-state index contributed by atoms with van der Waals surface area (Å²) >= 11 is 1.32. The van der Waals surface area contributed by atoms with E-state index in [9.17, 15) is 4.79 Å². The minimum atomic E-state index is -0.165. The lowest BCUT2D eigenvalue weighted by atomic mass is 9.57. The number of hydrogen-bond acceptors (Lipinski definition) is 5. The van der Waals surface area contributed by atoms with Crippen LogP contribution in [0, 0.1) is 11.3 Å². The van der Waals surface area contributed by atoms with Gasteiger partial charge in [0.2, 0.25) is 0 Å². The predicted octanol–water partition coefficient (Wildman–Crippen LogP) is 3.14. The first-order valence-corrected chi connectivity index (χ1v) is 8.96. The smallest absolute Gasteiger partial charge is 0.319 e. The molecule has 7 heteroatoms. The molecule has 1 aliphatic heterocycles. The maximum Gasteiger partial charge on any atom is 0.319 e. The van der Waals surface area contributed by atoms with Gasteiger partial charge in [0, 0.05) is 40.6 Å². The Bertz CT molecular complexity index is 730. The summed E-state index contributed by atoms with van der Waals surface area (Å²) in [5.41, 5.74) is 2.58. The van der Waals surface area contributed by atoms with E-state index >= 15 is 0 Å². The van der Waals surface area contributed by atoms with Crippen LogP contribution in [0.4, 0.5) is 10.5 Å². The lowest BCUT2D eigenvalue weighted by molar-refractivity contribution is -0.107. The second kappa shape index (κ2) is 5.82. The third-order valence-electron chi connectivity index (χ3n) is 5.19. The molecule has 2 amide bonds. The standard InChI is InChI=1S/C17H20N4O2S/c1-17(2)14(12-7-8-23-15(12)17)19-16(22)18-11-5-3-10(4-6-11)13-9-24-21-20-13/h3-6,9,12,14-15H,7-8H2,1-2H3,(H2,18,19,22).